The molecule has 5 heteroatoms. The lowest BCUT2D eigenvalue weighted by Crippen LogP contribution is -2.18. The van der Waals surface area contributed by atoms with Gasteiger partial charge in [-0.2, -0.15) is 5.10 Å². The number of fused-ring (bicyclic) bond motifs is 1. The minimum atomic E-state index is -0.253. The SMILES string of the molecule is Cc1ccc(-c2cc(C(=O)N/N=C\c3cccs3)c3ccccc3n2)cc1C. The maximum absolute atomic E-state index is 12.8. The fourth-order valence-corrected chi connectivity index (χ4v) is 3.58. The van der Waals surface area contributed by atoms with Crippen molar-refractivity contribution < 1.29 is 4.79 Å². The van der Waals surface area contributed by atoms with E-state index in [1.165, 1.54) is 11.1 Å². The Kier molecular flexibility index (Phi) is 5.00. The molecule has 2 heterocycles. The van der Waals surface area contributed by atoms with Gasteiger partial charge in [0.25, 0.3) is 5.91 Å². The van der Waals surface area contributed by atoms with Crippen molar-refractivity contribution in [3.8, 4) is 11.3 Å². The van der Waals surface area contributed by atoms with Crippen molar-refractivity contribution in [1.29, 1.82) is 0 Å². The van der Waals surface area contributed by atoms with Crippen LogP contribution < -0.4 is 5.43 Å². The van der Waals surface area contributed by atoms with Gasteiger partial charge in [-0.3, -0.25) is 4.79 Å². The largest absolute Gasteiger partial charge is 0.272 e. The van der Waals surface area contributed by atoms with Crippen molar-refractivity contribution in [2.75, 3.05) is 0 Å². The first kappa shape index (κ1) is 18.1. The van der Waals surface area contributed by atoms with Gasteiger partial charge in [0, 0.05) is 15.8 Å². The van der Waals surface area contributed by atoms with Gasteiger partial charge in [-0.1, -0.05) is 36.4 Å². The molecule has 0 aliphatic heterocycles. The highest BCUT2D eigenvalue weighted by Gasteiger charge is 2.14. The highest BCUT2D eigenvalue weighted by atomic mass is 32.1. The fourth-order valence-electron chi connectivity index (χ4n) is 2.99. The fraction of sp³-hybridized carbons (Fsp3) is 0.0870. The van der Waals surface area contributed by atoms with Crippen LogP contribution >= 0.6 is 11.3 Å². The predicted octanol–water partition coefficient (Wildman–Crippen LogP) is 5.34. The number of aromatic nitrogens is 1. The van der Waals surface area contributed by atoms with E-state index < -0.39 is 0 Å². The minimum Gasteiger partial charge on any atom is -0.267 e. The van der Waals surface area contributed by atoms with Gasteiger partial charge < -0.3 is 0 Å². The van der Waals surface area contributed by atoms with Gasteiger partial charge >= 0.3 is 0 Å². The number of para-hydroxylation sites is 1. The lowest BCUT2D eigenvalue weighted by atomic mass is 10.0. The molecule has 0 saturated carbocycles. The number of pyridine rings is 1. The average Bonchev–Trinajstić information content (AvgIpc) is 3.22. The van der Waals surface area contributed by atoms with Gasteiger partial charge in [0.2, 0.25) is 0 Å². The number of nitrogens with zero attached hydrogens (tertiary/aromatic N) is 2. The first-order valence-corrected chi connectivity index (χ1v) is 9.84. The molecule has 0 radical (unpaired) electrons. The molecule has 1 N–H and O–H groups in total. The standard InChI is InChI=1S/C23H19N3OS/c1-15-9-10-17(12-16(15)2)22-13-20(19-7-3-4-8-21(19)25-22)23(27)26-24-14-18-6-5-11-28-18/h3-14H,1-2H3,(H,26,27)/b24-14-. The summed E-state index contributed by atoms with van der Waals surface area (Å²) >= 11 is 1.56. The van der Waals surface area contributed by atoms with Crippen LogP contribution in [0.5, 0.6) is 0 Å². The van der Waals surface area contributed by atoms with E-state index in [-0.39, 0.29) is 5.91 Å². The number of aryl methyl sites for hydroxylation is 2. The van der Waals surface area contributed by atoms with Crippen LogP contribution in [0.1, 0.15) is 26.4 Å². The Morgan fingerprint density at radius 3 is 2.68 bits per heavy atom. The highest BCUT2D eigenvalue weighted by molar-refractivity contribution is 7.11. The Balaban J connectivity index is 1.73. The maximum Gasteiger partial charge on any atom is 0.272 e. The molecule has 0 unspecified atom stereocenters. The summed E-state index contributed by atoms with van der Waals surface area (Å²) in [5.74, 6) is -0.253. The third kappa shape index (κ3) is 3.70. The number of hydrogen-bond donors (Lipinski definition) is 1. The number of carbonyl (C=O) groups is 1. The molecule has 2 aromatic carbocycles. The molecule has 4 rings (SSSR count). The summed E-state index contributed by atoms with van der Waals surface area (Å²) in [5, 5.41) is 6.86. The van der Waals surface area contributed by atoms with Crippen molar-refractivity contribution in [2.24, 2.45) is 5.10 Å². The van der Waals surface area contributed by atoms with Gasteiger partial charge in [-0.05, 0) is 54.6 Å². The molecule has 0 fully saturated rings. The molecule has 4 aromatic rings. The Morgan fingerprint density at radius 1 is 1.04 bits per heavy atom. The summed E-state index contributed by atoms with van der Waals surface area (Å²) in [4.78, 5) is 18.6. The number of nitrogens with one attached hydrogen (secondary N) is 1. The minimum absolute atomic E-state index is 0.253. The number of thiophene rings is 1. The smallest absolute Gasteiger partial charge is 0.267 e. The Labute approximate surface area is 167 Å². The molecule has 0 saturated heterocycles. The number of hydrogen-bond acceptors (Lipinski definition) is 4. The van der Waals surface area contributed by atoms with Gasteiger partial charge in [0.15, 0.2) is 0 Å². The summed E-state index contributed by atoms with van der Waals surface area (Å²) in [7, 11) is 0. The van der Waals surface area contributed by atoms with E-state index in [1.807, 2.05) is 53.9 Å². The van der Waals surface area contributed by atoms with Gasteiger partial charge in [0.05, 0.1) is 23.0 Å². The molecule has 0 atom stereocenters. The normalized spacial score (nSPS) is 11.2. The predicted molar refractivity (Wildman–Crippen MR) is 116 cm³/mol. The monoisotopic (exact) mass is 385 g/mol. The van der Waals surface area contributed by atoms with Crippen molar-refractivity contribution >= 4 is 34.4 Å². The Morgan fingerprint density at radius 2 is 1.89 bits per heavy atom. The van der Waals surface area contributed by atoms with Crippen molar-refractivity contribution in [3.05, 3.63) is 87.6 Å². The second-order valence-electron chi connectivity index (χ2n) is 6.59. The average molecular weight is 385 g/mol. The van der Waals surface area contributed by atoms with Crippen LogP contribution in [-0.4, -0.2) is 17.1 Å². The summed E-state index contributed by atoms with van der Waals surface area (Å²) in [6.45, 7) is 4.16. The van der Waals surface area contributed by atoms with Crippen LogP contribution in [-0.2, 0) is 0 Å². The number of rotatable bonds is 4. The number of hydrazone groups is 1. The topological polar surface area (TPSA) is 54.4 Å². The van der Waals surface area contributed by atoms with E-state index in [2.05, 4.69) is 36.5 Å². The second-order valence-corrected chi connectivity index (χ2v) is 7.57. The molecular weight excluding hydrogens is 366 g/mol. The molecule has 1 amide bonds. The maximum atomic E-state index is 12.8. The molecule has 4 nitrogen and oxygen atoms in total. The van der Waals surface area contributed by atoms with E-state index in [4.69, 9.17) is 4.98 Å². The van der Waals surface area contributed by atoms with Crippen molar-refractivity contribution in [2.45, 2.75) is 13.8 Å². The summed E-state index contributed by atoms with van der Waals surface area (Å²) in [6, 6.07) is 19.6. The third-order valence-corrected chi connectivity index (χ3v) is 5.47. The second kappa shape index (κ2) is 7.74. The van der Waals surface area contributed by atoms with Crippen LogP contribution in [0.25, 0.3) is 22.2 Å². The molecule has 0 aliphatic carbocycles. The van der Waals surface area contributed by atoms with E-state index in [0.29, 0.717) is 5.56 Å². The van der Waals surface area contributed by atoms with Crippen LogP contribution in [0, 0.1) is 13.8 Å². The molecule has 2 aromatic heterocycles. The lowest BCUT2D eigenvalue weighted by molar-refractivity contribution is 0.0957. The molecule has 28 heavy (non-hydrogen) atoms. The number of benzene rings is 2. The zero-order valence-electron chi connectivity index (χ0n) is 15.6. The van der Waals surface area contributed by atoms with Crippen LogP contribution in [0.3, 0.4) is 0 Å². The Bertz CT molecular complexity index is 1180. The first-order valence-electron chi connectivity index (χ1n) is 8.96. The van der Waals surface area contributed by atoms with Crippen molar-refractivity contribution in [1.82, 2.24) is 10.4 Å². The summed E-state index contributed by atoms with van der Waals surface area (Å²) in [6.07, 6.45) is 1.65. The third-order valence-electron chi connectivity index (χ3n) is 4.66. The van der Waals surface area contributed by atoms with Crippen LogP contribution in [0.4, 0.5) is 0 Å². The van der Waals surface area contributed by atoms with E-state index in [9.17, 15) is 4.79 Å². The highest BCUT2D eigenvalue weighted by Crippen LogP contribution is 2.26. The van der Waals surface area contributed by atoms with Crippen LogP contribution in [0.2, 0.25) is 0 Å². The van der Waals surface area contributed by atoms with E-state index in [0.717, 1.165) is 27.0 Å². The molecule has 138 valence electrons. The Hall–Kier alpha value is -3.31. The van der Waals surface area contributed by atoms with E-state index in [1.54, 1.807) is 17.6 Å². The molecule has 0 aliphatic rings. The van der Waals surface area contributed by atoms with Crippen molar-refractivity contribution in [3.63, 3.8) is 0 Å². The number of amides is 1. The number of carbonyl (C=O) groups excluding carboxylic acids is 1. The van der Waals surface area contributed by atoms with Gasteiger partial charge in [-0.25, -0.2) is 10.4 Å². The molecule has 0 bridgehead atoms. The zero-order valence-corrected chi connectivity index (χ0v) is 16.5. The molecular formula is C23H19N3OS. The summed E-state index contributed by atoms with van der Waals surface area (Å²) < 4.78 is 0. The first-order chi connectivity index (χ1) is 13.6. The van der Waals surface area contributed by atoms with Gasteiger partial charge in [-0.15, -0.1) is 11.3 Å². The zero-order chi connectivity index (χ0) is 19.5. The van der Waals surface area contributed by atoms with E-state index >= 15 is 0 Å². The lowest BCUT2D eigenvalue weighted by Gasteiger charge is -2.10. The summed E-state index contributed by atoms with van der Waals surface area (Å²) in [5.41, 5.74) is 8.16. The quantitative estimate of drug-likeness (QED) is 0.381. The molecule has 0 spiro atoms. The van der Waals surface area contributed by atoms with Crippen LogP contribution in [0.15, 0.2) is 71.1 Å². The van der Waals surface area contributed by atoms with Gasteiger partial charge in [0.1, 0.15) is 0 Å².